The molecule has 0 saturated heterocycles. The summed E-state index contributed by atoms with van der Waals surface area (Å²) in [4.78, 5) is 9.40. The zero-order valence-corrected chi connectivity index (χ0v) is 16.0. The highest BCUT2D eigenvalue weighted by Gasteiger charge is 2.15. The van der Waals surface area contributed by atoms with Crippen molar-refractivity contribution in [3.05, 3.63) is 53.6 Å². The molecule has 138 valence electrons. The topological polar surface area (TPSA) is 77.0 Å². The maximum absolute atomic E-state index is 6.09. The molecule has 0 unspecified atom stereocenters. The molecule has 6 heteroatoms. The fraction of sp³-hybridized carbons (Fsp3) is 0.238. The smallest absolute Gasteiger partial charge is 0.198 e. The Bertz CT molecular complexity index is 1110. The minimum Gasteiger partial charge on any atom is -0.453 e. The van der Waals surface area contributed by atoms with Gasteiger partial charge in [-0.1, -0.05) is 23.7 Å². The van der Waals surface area contributed by atoms with Gasteiger partial charge in [-0.15, -0.1) is 0 Å². The number of anilines is 1. The number of hydrogen-bond acceptors (Lipinski definition) is 5. The Kier molecular flexibility index (Phi) is 4.50. The van der Waals surface area contributed by atoms with Gasteiger partial charge in [-0.05, 0) is 56.7 Å². The van der Waals surface area contributed by atoms with Gasteiger partial charge >= 0.3 is 0 Å². The van der Waals surface area contributed by atoms with Crippen molar-refractivity contribution in [2.75, 3.05) is 11.9 Å². The first-order valence-electron chi connectivity index (χ1n) is 8.88. The normalized spacial score (nSPS) is 12.0. The molecule has 27 heavy (non-hydrogen) atoms. The maximum Gasteiger partial charge on any atom is 0.198 e. The van der Waals surface area contributed by atoms with Crippen molar-refractivity contribution >= 4 is 39.3 Å². The number of hydrogen-bond donors (Lipinski definition) is 2. The SMILES string of the molecule is CC(C)(N)CCNc1nc(-c2cc3cc(Cl)ccc3o2)nc2ccccc12. The number of benzene rings is 2. The van der Waals surface area contributed by atoms with E-state index in [1.807, 2.05) is 56.3 Å². The molecule has 0 aliphatic rings. The molecular formula is C21H21ClN4O. The lowest BCUT2D eigenvalue weighted by molar-refractivity contribution is 0.490. The zero-order chi connectivity index (χ0) is 19.0. The molecule has 3 N–H and O–H groups in total. The van der Waals surface area contributed by atoms with E-state index in [1.54, 1.807) is 6.07 Å². The second kappa shape index (κ2) is 6.83. The summed E-state index contributed by atoms with van der Waals surface area (Å²) < 4.78 is 5.94. The molecule has 4 rings (SSSR count). The van der Waals surface area contributed by atoms with Gasteiger partial charge in [0.15, 0.2) is 11.6 Å². The molecule has 0 spiro atoms. The third-order valence-corrected chi connectivity index (χ3v) is 4.60. The minimum absolute atomic E-state index is 0.239. The van der Waals surface area contributed by atoms with E-state index in [1.165, 1.54) is 0 Å². The van der Waals surface area contributed by atoms with E-state index in [9.17, 15) is 0 Å². The molecular weight excluding hydrogens is 360 g/mol. The van der Waals surface area contributed by atoms with Crippen LogP contribution in [0.25, 0.3) is 33.5 Å². The van der Waals surface area contributed by atoms with Gasteiger partial charge in [-0.3, -0.25) is 0 Å². The molecule has 4 aromatic rings. The van der Waals surface area contributed by atoms with Gasteiger partial charge in [0.05, 0.1) is 5.52 Å². The van der Waals surface area contributed by atoms with E-state index in [2.05, 4.69) is 10.3 Å². The fourth-order valence-electron chi connectivity index (χ4n) is 2.95. The van der Waals surface area contributed by atoms with Crippen molar-refractivity contribution in [2.24, 2.45) is 5.73 Å². The highest BCUT2D eigenvalue weighted by atomic mass is 35.5. The zero-order valence-electron chi connectivity index (χ0n) is 15.3. The predicted octanol–water partition coefficient (Wildman–Crippen LogP) is 5.24. The van der Waals surface area contributed by atoms with Gasteiger partial charge in [-0.25, -0.2) is 9.97 Å². The number of nitrogens with one attached hydrogen (secondary N) is 1. The van der Waals surface area contributed by atoms with Crippen molar-refractivity contribution in [1.29, 1.82) is 0 Å². The van der Waals surface area contributed by atoms with Crippen molar-refractivity contribution in [3.8, 4) is 11.6 Å². The van der Waals surface area contributed by atoms with Crippen LogP contribution < -0.4 is 11.1 Å². The van der Waals surface area contributed by atoms with Crippen LogP contribution in [0.5, 0.6) is 0 Å². The average molecular weight is 381 g/mol. The molecule has 0 aliphatic heterocycles. The van der Waals surface area contributed by atoms with Crippen LogP contribution in [-0.4, -0.2) is 22.1 Å². The first kappa shape index (κ1) is 17.8. The Hall–Kier alpha value is -2.63. The highest BCUT2D eigenvalue weighted by Crippen LogP contribution is 2.30. The Morgan fingerprint density at radius 3 is 2.74 bits per heavy atom. The number of furan rings is 1. The standard InChI is InChI=1S/C21H21ClN4O/c1-21(2,23)9-10-24-19-15-5-3-4-6-16(15)25-20(26-19)18-12-13-11-14(22)7-8-17(13)27-18/h3-8,11-12H,9-10,23H2,1-2H3,(H,24,25,26). The van der Waals surface area contributed by atoms with Crippen LogP contribution in [0.3, 0.4) is 0 Å². The molecule has 0 aliphatic carbocycles. The average Bonchev–Trinajstić information content (AvgIpc) is 3.03. The van der Waals surface area contributed by atoms with Crippen LogP contribution in [0.1, 0.15) is 20.3 Å². The quantitative estimate of drug-likeness (QED) is 0.495. The van der Waals surface area contributed by atoms with E-state index in [4.69, 9.17) is 26.7 Å². The van der Waals surface area contributed by atoms with Gasteiger partial charge in [0.2, 0.25) is 0 Å². The summed E-state index contributed by atoms with van der Waals surface area (Å²) in [6.45, 7) is 4.75. The maximum atomic E-state index is 6.09. The molecule has 0 saturated carbocycles. The molecule has 2 aromatic carbocycles. The summed E-state index contributed by atoms with van der Waals surface area (Å²) in [6, 6.07) is 15.4. The highest BCUT2D eigenvalue weighted by molar-refractivity contribution is 6.31. The summed E-state index contributed by atoms with van der Waals surface area (Å²) in [5.74, 6) is 1.93. The summed E-state index contributed by atoms with van der Waals surface area (Å²) in [7, 11) is 0. The van der Waals surface area contributed by atoms with Gasteiger partial charge in [0, 0.05) is 27.9 Å². The van der Waals surface area contributed by atoms with Gasteiger partial charge in [-0.2, -0.15) is 0 Å². The van der Waals surface area contributed by atoms with Gasteiger partial charge in [0.25, 0.3) is 0 Å². The lowest BCUT2D eigenvalue weighted by Gasteiger charge is -2.19. The second-order valence-electron chi connectivity index (χ2n) is 7.37. The minimum atomic E-state index is -0.239. The number of nitrogens with two attached hydrogens (primary N) is 1. The summed E-state index contributed by atoms with van der Waals surface area (Å²) in [5.41, 5.74) is 7.46. The number of para-hydroxylation sites is 1. The van der Waals surface area contributed by atoms with Gasteiger partial charge < -0.3 is 15.5 Å². The van der Waals surface area contributed by atoms with E-state index in [0.29, 0.717) is 16.6 Å². The third kappa shape index (κ3) is 3.89. The van der Waals surface area contributed by atoms with Crippen LogP contribution in [0.2, 0.25) is 5.02 Å². The van der Waals surface area contributed by atoms with Crippen LogP contribution in [0, 0.1) is 0 Å². The van der Waals surface area contributed by atoms with Crippen molar-refractivity contribution in [2.45, 2.75) is 25.8 Å². The first-order valence-corrected chi connectivity index (χ1v) is 9.26. The summed E-state index contributed by atoms with van der Waals surface area (Å²) in [6.07, 6.45) is 0.823. The Morgan fingerprint density at radius 1 is 1.11 bits per heavy atom. The fourth-order valence-corrected chi connectivity index (χ4v) is 3.13. The first-order chi connectivity index (χ1) is 12.9. The van der Waals surface area contributed by atoms with Crippen LogP contribution in [0.15, 0.2) is 52.9 Å². The number of aromatic nitrogens is 2. The number of nitrogens with zero attached hydrogens (tertiary/aromatic N) is 2. The molecule has 0 atom stereocenters. The van der Waals surface area contributed by atoms with Crippen molar-refractivity contribution < 1.29 is 4.42 Å². The Morgan fingerprint density at radius 2 is 1.93 bits per heavy atom. The third-order valence-electron chi connectivity index (χ3n) is 4.36. The van der Waals surface area contributed by atoms with Crippen LogP contribution >= 0.6 is 11.6 Å². The van der Waals surface area contributed by atoms with Crippen LogP contribution in [-0.2, 0) is 0 Å². The molecule has 0 fully saturated rings. The van der Waals surface area contributed by atoms with Crippen molar-refractivity contribution in [1.82, 2.24) is 9.97 Å². The number of fused-ring (bicyclic) bond motifs is 2. The molecule has 0 amide bonds. The summed E-state index contributed by atoms with van der Waals surface area (Å²) in [5, 5.41) is 5.96. The van der Waals surface area contributed by atoms with E-state index in [-0.39, 0.29) is 5.54 Å². The monoisotopic (exact) mass is 380 g/mol. The van der Waals surface area contributed by atoms with Crippen molar-refractivity contribution in [3.63, 3.8) is 0 Å². The van der Waals surface area contributed by atoms with E-state index in [0.717, 1.165) is 40.7 Å². The molecule has 0 bridgehead atoms. The van der Waals surface area contributed by atoms with Gasteiger partial charge in [0.1, 0.15) is 11.4 Å². The van der Waals surface area contributed by atoms with Crippen LogP contribution in [0.4, 0.5) is 5.82 Å². The molecule has 2 aromatic heterocycles. The lowest BCUT2D eigenvalue weighted by atomic mass is 10.0. The second-order valence-corrected chi connectivity index (χ2v) is 7.81. The largest absolute Gasteiger partial charge is 0.453 e. The molecule has 0 radical (unpaired) electrons. The van der Waals surface area contributed by atoms with E-state index < -0.39 is 0 Å². The molecule has 5 nitrogen and oxygen atoms in total. The van der Waals surface area contributed by atoms with E-state index >= 15 is 0 Å². The Balaban J connectivity index is 1.76. The molecule has 2 heterocycles. The number of rotatable bonds is 5. The summed E-state index contributed by atoms with van der Waals surface area (Å²) >= 11 is 6.08. The Labute approximate surface area is 162 Å². The predicted molar refractivity (Wildman–Crippen MR) is 111 cm³/mol. The number of halogens is 1. The lowest BCUT2D eigenvalue weighted by Crippen LogP contribution is -2.34.